The molecule has 0 amide bonds. The minimum absolute atomic E-state index is 0.000972. The van der Waals surface area contributed by atoms with Crippen LogP contribution in [-0.4, -0.2) is 32.2 Å². The van der Waals surface area contributed by atoms with Gasteiger partial charge in [-0.25, -0.2) is 0 Å². The lowest BCUT2D eigenvalue weighted by Gasteiger charge is -2.31. The van der Waals surface area contributed by atoms with Gasteiger partial charge in [0.15, 0.2) is 0 Å². The Morgan fingerprint density at radius 3 is 2.78 bits per heavy atom. The standard InChI is InChI=1S/C12H17NO4S/c1-8-3-4-11(18(14,15)16)10(7-8)12-9(2)13-5-6-17-12/h3-4,7,9,12-13H,5-6H2,1-2H3,(H,14,15,16)/t9-,12?/m1/s1. The summed E-state index contributed by atoms with van der Waals surface area (Å²) in [6, 6.07) is 4.83. The summed E-state index contributed by atoms with van der Waals surface area (Å²) in [4.78, 5) is -0.0753. The highest BCUT2D eigenvalue weighted by Gasteiger charge is 2.29. The fourth-order valence-electron chi connectivity index (χ4n) is 2.21. The SMILES string of the molecule is Cc1ccc(S(=O)(=O)O)c(C2OCCN[C@@H]2C)c1. The van der Waals surface area contributed by atoms with Crippen molar-refractivity contribution in [3.63, 3.8) is 0 Å². The van der Waals surface area contributed by atoms with Crippen LogP contribution in [0, 0.1) is 6.92 Å². The van der Waals surface area contributed by atoms with Crippen molar-refractivity contribution in [2.24, 2.45) is 0 Å². The van der Waals surface area contributed by atoms with E-state index in [1.807, 2.05) is 13.8 Å². The Labute approximate surface area is 107 Å². The molecule has 5 nitrogen and oxygen atoms in total. The Balaban J connectivity index is 2.51. The molecule has 100 valence electrons. The van der Waals surface area contributed by atoms with Crippen molar-refractivity contribution in [3.8, 4) is 0 Å². The molecule has 1 aliphatic heterocycles. The summed E-state index contributed by atoms with van der Waals surface area (Å²) in [5, 5.41) is 3.23. The highest BCUT2D eigenvalue weighted by molar-refractivity contribution is 7.85. The Morgan fingerprint density at radius 2 is 2.17 bits per heavy atom. The lowest BCUT2D eigenvalue weighted by atomic mass is 10.0. The first-order valence-corrected chi connectivity index (χ1v) is 7.26. The van der Waals surface area contributed by atoms with Gasteiger partial charge in [0.25, 0.3) is 10.1 Å². The summed E-state index contributed by atoms with van der Waals surface area (Å²) in [6.07, 6.45) is -0.365. The van der Waals surface area contributed by atoms with Gasteiger partial charge in [-0.3, -0.25) is 4.55 Å². The third-order valence-electron chi connectivity index (χ3n) is 3.07. The minimum Gasteiger partial charge on any atom is -0.371 e. The molecule has 2 rings (SSSR count). The molecule has 0 bridgehead atoms. The highest BCUT2D eigenvalue weighted by Crippen LogP contribution is 2.30. The fourth-order valence-corrected chi connectivity index (χ4v) is 2.92. The third kappa shape index (κ3) is 2.72. The van der Waals surface area contributed by atoms with E-state index in [2.05, 4.69) is 5.32 Å². The van der Waals surface area contributed by atoms with E-state index < -0.39 is 10.1 Å². The van der Waals surface area contributed by atoms with E-state index in [1.165, 1.54) is 6.07 Å². The molecular formula is C12H17NO4S. The highest BCUT2D eigenvalue weighted by atomic mass is 32.2. The zero-order valence-electron chi connectivity index (χ0n) is 10.4. The van der Waals surface area contributed by atoms with Crippen LogP contribution in [0.2, 0.25) is 0 Å². The van der Waals surface area contributed by atoms with Crippen LogP contribution < -0.4 is 5.32 Å². The van der Waals surface area contributed by atoms with Crippen LogP contribution in [0.3, 0.4) is 0 Å². The van der Waals surface area contributed by atoms with E-state index in [4.69, 9.17) is 4.74 Å². The smallest absolute Gasteiger partial charge is 0.294 e. The van der Waals surface area contributed by atoms with Gasteiger partial charge in [0.05, 0.1) is 17.6 Å². The summed E-state index contributed by atoms with van der Waals surface area (Å²) >= 11 is 0. The molecule has 1 saturated heterocycles. The van der Waals surface area contributed by atoms with Crippen LogP contribution in [0.4, 0.5) is 0 Å². The molecule has 18 heavy (non-hydrogen) atoms. The Kier molecular flexibility index (Phi) is 3.72. The molecule has 1 fully saturated rings. The Bertz CT molecular complexity index is 541. The van der Waals surface area contributed by atoms with Crippen LogP contribution in [0.15, 0.2) is 23.1 Å². The van der Waals surface area contributed by atoms with E-state index in [0.29, 0.717) is 12.2 Å². The first-order chi connectivity index (χ1) is 8.39. The first-order valence-electron chi connectivity index (χ1n) is 5.82. The van der Waals surface area contributed by atoms with Crippen LogP contribution in [0.1, 0.15) is 24.2 Å². The van der Waals surface area contributed by atoms with E-state index >= 15 is 0 Å². The quantitative estimate of drug-likeness (QED) is 0.793. The van der Waals surface area contributed by atoms with Gasteiger partial charge in [0.2, 0.25) is 0 Å². The lowest BCUT2D eigenvalue weighted by Crippen LogP contribution is -2.41. The van der Waals surface area contributed by atoms with Gasteiger partial charge in [-0.2, -0.15) is 8.42 Å². The van der Waals surface area contributed by atoms with Gasteiger partial charge in [-0.1, -0.05) is 17.7 Å². The predicted octanol–water partition coefficient (Wildman–Crippen LogP) is 1.29. The Hall–Kier alpha value is -0.950. The zero-order valence-corrected chi connectivity index (χ0v) is 11.2. The van der Waals surface area contributed by atoms with Crippen molar-refractivity contribution in [2.45, 2.75) is 30.9 Å². The van der Waals surface area contributed by atoms with E-state index in [9.17, 15) is 13.0 Å². The van der Waals surface area contributed by atoms with Crippen molar-refractivity contribution in [3.05, 3.63) is 29.3 Å². The number of hydrogen-bond donors (Lipinski definition) is 2. The number of benzene rings is 1. The molecule has 1 unspecified atom stereocenters. The number of nitrogens with one attached hydrogen (secondary N) is 1. The lowest BCUT2D eigenvalue weighted by molar-refractivity contribution is -0.00199. The largest absolute Gasteiger partial charge is 0.371 e. The van der Waals surface area contributed by atoms with Gasteiger partial charge >= 0.3 is 0 Å². The Morgan fingerprint density at radius 1 is 1.44 bits per heavy atom. The topological polar surface area (TPSA) is 75.6 Å². The van der Waals surface area contributed by atoms with Crippen molar-refractivity contribution < 1.29 is 17.7 Å². The van der Waals surface area contributed by atoms with Gasteiger partial charge in [0.1, 0.15) is 0 Å². The first kappa shape index (κ1) is 13.5. The van der Waals surface area contributed by atoms with Crippen molar-refractivity contribution >= 4 is 10.1 Å². The second-order valence-electron chi connectivity index (χ2n) is 4.55. The molecule has 1 aromatic rings. The maximum atomic E-state index is 11.4. The van der Waals surface area contributed by atoms with Crippen LogP contribution in [0.5, 0.6) is 0 Å². The average Bonchev–Trinajstić information content (AvgIpc) is 2.27. The molecule has 6 heteroatoms. The molecule has 2 atom stereocenters. The molecule has 0 radical (unpaired) electrons. The maximum Gasteiger partial charge on any atom is 0.294 e. The number of morpholine rings is 1. The average molecular weight is 271 g/mol. The summed E-state index contributed by atoms with van der Waals surface area (Å²) < 4.78 is 37.7. The molecule has 2 N–H and O–H groups in total. The maximum absolute atomic E-state index is 11.4. The minimum atomic E-state index is -4.23. The van der Waals surface area contributed by atoms with Crippen LogP contribution in [0.25, 0.3) is 0 Å². The number of rotatable bonds is 2. The summed E-state index contributed by atoms with van der Waals surface area (Å²) in [5.74, 6) is 0. The van der Waals surface area contributed by atoms with Gasteiger partial charge in [-0.05, 0) is 19.9 Å². The zero-order chi connectivity index (χ0) is 13.3. The number of ether oxygens (including phenoxy) is 1. The van der Waals surface area contributed by atoms with Crippen molar-refractivity contribution in [2.75, 3.05) is 13.2 Å². The molecule has 0 aliphatic carbocycles. The second-order valence-corrected chi connectivity index (χ2v) is 5.94. The molecule has 0 aromatic heterocycles. The molecule has 0 saturated carbocycles. The predicted molar refractivity (Wildman–Crippen MR) is 67.2 cm³/mol. The van der Waals surface area contributed by atoms with Crippen LogP contribution >= 0.6 is 0 Å². The number of aryl methyl sites for hydroxylation is 1. The molecule has 1 aliphatic rings. The summed E-state index contributed by atoms with van der Waals surface area (Å²) in [5.41, 5.74) is 1.44. The molecular weight excluding hydrogens is 254 g/mol. The van der Waals surface area contributed by atoms with Gasteiger partial charge in [-0.15, -0.1) is 0 Å². The molecule has 0 spiro atoms. The fraction of sp³-hybridized carbons (Fsp3) is 0.500. The van der Waals surface area contributed by atoms with E-state index in [1.54, 1.807) is 12.1 Å². The summed E-state index contributed by atoms with van der Waals surface area (Å²) in [7, 11) is -4.23. The normalized spacial score (nSPS) is 25.1. The van der Waals surface area contributed by atoms with Crippen molar-refractivity contribution in [1.82, 2.24) is 5.32 Å². The molecule has 1 heterocycles. The van der Waals surface area contributed by atoms with E-state index in [0.717, 1.165) is 12.1 Å². The second kappa shape index (κ2) is 4.97. The van der Waals surface area contributed by atoms with Crippen molar-refractivity contribution in [1.29, 1.82) is 0 Å². The number of hydrogen-bond acceptors (Lipinski definition) is 4. The molecule has 1 aromatic carbocycles. The van der Waals surface area contributed by atoms with E-state index in [-0.39, 0.29) is 17.0 Å². The third-order valence-corrected chi connectivity index (χ3v) is 4.00. The van der Waals surface area contributed by atoms with Gasteiger partial charge < -0.3 is 10.1 Å². The van der Waals surface area contributed by atoms with Crippen LogP contribution in [-0.2, 0) is 14.9 Å². The summed E-state index contributed by atoms with van der Waals surface area (Å²) in [6.45, 7) is 5.07. The monoisotopic (exact) mass is 271 g/mol. The van der Waals surface area contributed by atoms with Gasteiger partial charge in [0, 0.05) is 18.2 Å².